The van der Waals surface area contributed by atoms with Crippen LogP contribution < -0.4 is 5.32 Å². The Morgan fingerprint density at radius 1 is 1.45 bits per heavy atom. The molecule has 2 aromatic rings. The molecule has 2 rings (SSSR count). The maximum absolute atomic E-state index is 13.7. The van der Waals surface area contributed by atoms with Gasteiger partial charge in [-0.2, -0.15) is 4.98 Å². The van der Waals surface area contributed by atoms with E-state index in [1.807, 2.05) is 6.92 Å². The van der Waals surface area contributed by atoms with Gasteiger partial charge in [0.1, 0.15) is 0 Å². The minimum Gasteiger partial charge on any atom is -0.334 e. The van der Waals surface area contributed by atoms with Crippen LogP contribution in [0.5, 0.6) is 0 Å². The van der Waals surface area contributed by atoms with Crippen LogP contribution in [0, 0.1) is 21.7 Å². The molecule has 0 fully saturated rings. The number of aromatic nitrogens is 2. The molecule has 22 heavy (non-hydrogen) atoms. The Labute approximate surface area is 130 Å². The number of likely N-dealkylation sites (N-methyl/N-ethyl adjacent to an activating group) is 1. The summed E-state index contributed by atoms with van der Waals surface area (Å²) in [5.41, 5.74) is -1.02. The summed E-state index contributed by atoms with van der Waals surface area (Å²) in [6.07, 6.45) is 0.416. The predicted molar refractivity (Wildman–Crippen MR) is 75.8 cm³/mol. The van der Waals surface area contributed by atoms with Crippen LogP contribution in [0.15, 0.2) is 16.7 Å². The minimum absolute atomic E-state index is 0. The number of hydrogen-bond acceptors (Lipinski definition) is 6. The van der Waals surface area contributed by atoms with Crippen molar-refractivity contribution in [3.05, 3.63) is 39.7 Å². The topological polar surface area (TPSA) is 94.1 Å². The van der Waals surface area contributed by atoms with Gasteiger partial charge in [0.25, 0.3) is 11.6 Å². The maximum Gasteiger partial charge on any atom is 0.273 e. The molecule has 7 nitrogen and oxygen atoms in total. The van der Waals surface area contributed by atoms with Crippen LogP contribution in [0.25, 0.3) is 11.5 Å². The van der Waals surface area contributed by atoms with Crippen LogP contribution in [0.4, 0.5) is 14.5 Å². The monoisotopic (exact) mass is 334 g/mol. The molecule has 120 valence electrons. The van der Waals surface area contributed by atoms with Crippen molar-refractivity contribution in [1.82, 2.24) is 15.5 Å². The van der Waals surface area contributed by atoms with Gasteiger partial charge in [-0.15, -0.1) is 12.4 Å². The minimum atomic E-state index is -1.34. The molecule has 1 heterocycles. The van der Waals surface area contributed by atoms with E-state index in [-0.39, 0.29) is 30.2 Å². The summed E-state index contributed by atoms with van der Waals surface area (Å²) in [5, 5.41) is 17.3. The Hall–Kier alpha value is -2.13. The summed E-state index contributed by atoms with van der Waals surface area (Å²) < 4.78 is 32.0. The predicted octanol–water partition coefficient (Wildman–Crippen LogP) is 2.50. The first-order valence-electron chi connectivity index (χ1n) is 6.06. The second kappa shape index (κ2) is 7.23. The van der Waals surface area contributed by atoms with Crippen molar-refractivity contribution in [2.75, 3.05) is 7.05 Å². The van der Waals surface area contributed by atoms with Gasteiger partial charge in [0.05, 0.1) is 16.6 Å². The third-order valence-electron chi connectivity index (χ3n) is 2.90. The van der Waals surface area contributed by atoms with Gasteiger partial charge in [0.2, 0.25) is 0 Å². The van der Waals surface area contributed by atoms with Crippen molar-refractivity contribution in [2.24, 2.45) is 0 Å². The third-order valence-corrected chi connectivity index (χ3v) is 2.90. The van der Waals surface area contributed by atoms with Crippen molar-refractivity contribution in [2.45, 2.75) is 19.4 Å². The fourth-order valence-corrected chi connectivity index (χ4v) is 1.66. The number of benzene rings is 1. The van der Waals surface area contributed by atoms with E-state index in [9.17, 15) is 18.9 Å². The molecule has 0 aliphatic carbocycles. The lowest BCUT2D eigenvalue weighted by molar-refractivity contribution is -0.385. The maximum atomic E-state index is 13.7. The number of nitrogens with zero attached hydrogens (tertiary/aromatic N) is 3. The van der Waals surface area contributed by atoms with Gasteiger partial charge in [-0.25, -0.2) is 8.78 Å². The summed E-state index contributed by atoms with van der Waals surface area (Å²) in [6, 6.07) is 1.42. The Morgan fingerprint density at radius 3 is 2.73 bits per heavy atom. The van der Waals surface area contributed by atoms with Gasteiger partial charge >= 0.3 is 0 Å². The molecule has 1 unspecified atom stereocenters. The molecule has 0 bridgehead atoms. The van der Waals surface area contributed by atoms with Gasteiger partial charge in [-0.1, -0.05) is 5.16 Å². The molecule has 0 saturated heterocycles. The molecule has 0 saturated carbocycles. The van der Waals surface area contributed by atoms with E-state index in [0.717, 1.165) is 6.07 Å². The Kier molecular flexibility index (Phi) is 5.89. The number of hydrogen-bond donors (Lipinski definition) is 1. The van der Waals surface area contributed by atoms with E-state index in [1.54, 1.807) is 7.05 Å². The zero-order chi connectivity index (χ0) is 15.6. The lowest BCUT2D eigenvalue weighted by Gasteiger charge is -2.04. The van der Waals surface area contributed by atoms with Gasteiger partial charge in [0.15, 0.2) is 17.5 Å². The highest BCUT2D eigenvalue weighted by Gasteiger charge is 2.22. The first-order valence-corrected chi connectivity index (χ1v) is 6.06. The van der Waals surface area contributed by atoms with Gasteiger partial charge in [-0.05, 0) is 14.0 Å². The third kappa shape index (κ3) is 3.74. The van der Waals surface area contributed by atoms with E-state index in [4.69, 9.17) is 4.52 Å². The lowest BCUT2D eigenvalue weighted by atomic mass is 10.1. The summed E-state index contributed by atoms with van der Waals surface area (Å²) >= 11 is 0. The average Bonchev–Trinajstić information content (AvgIpc) is 2.89. The van der Waals surface area contributed by atoms with Crippen LogP contribution in [0.1, 0.15) is 12.7 Å². The fourth-order valence-electron chi connectivity index (χ4n) is 1.66. The molecule has 0 aliphatic heterocycles. The van der Waals surface area contributed by atoms with E-state index in [0.29, 0.717) is 12.5 Å². The molecule has 1 aromatic carbocycles. The normalized spacial score (nSPS) is 11.8. The molecule has 1 atom stereocenters. The second-order valence-corrected chi connectivity index (χ2v) is 4.46. The van der Waals surface area contributed by atoms with Crippen molar-refractivity contribution < 1.29 is 18.2 Å². The second-order valence-electron chi connectivity index (χ2n) is 4.46. The van der Waals surface area contributed by atoms with E-state index >= 15 is 0 Å². The highest BCUT2D eigenvalue weighted by Crippen LogP contribution is 2.28. The molecular formula is C12H13ClF2N4O3. The summed E-state index contributed by atoms with van der Waals surface area (Å²) in [4.78, 5) is 13.8. The quantitative estimate of drug-likeness (QED) is 0.667. The first kappa shape index (κ1) is 17.9. The SMILES string of the molecule is CNC(C)Cc1noc(-c2cc([N+](=O)[O-])cc(F)c2F)n1.Cl. The smallest absolute Gasteiger partial charge is 0.273 e. The molecule has 0 spiro atoms. The van der Waals surface area contributed by atoms with Crippen LogP contribution in [-0.2, 0) is 6.42 Å². The van der Waals surface area contributed by atoms with Crippen molar-refractivity contribution >= 4 is 18.1 Å². The Bertz CT molecular complexity index is 680. The van der Waals surface area contributed by atoms with Gasteiger partial charge < -0.3 is 9.84 Å². The number of nitrogens with one attached hydrogen (secondary N) is 1. The standard InChI is InChI=1S/C12H12F2N4O3.ClH/c1-6(15-2)3-10-16-12(21-17-10)8-4-7(18(19)20)5-9(13)11(8)14;/h4-6,15H,3H2,1-2H3;1H. The Morgan fingerprint density at radius 2 is 2.14 bits per heavy atom. The van der Waals surface area contributed by atoms with Crippen LogP contribution in [-0.4, -0.2) is 28.2 Å². The van der Waals surface area contributed by atoms with Crippen LogP contribution in [0.2, 0.25) is 0 Å². The Balaban J connectivity index is 0.00000242. The van der Waals surface area contributed by atoms with Crippen molar-refractivity contribution in [3.8, 4) is 11.5 Å². The molecule has 10 heteroatoms. The number of nitro benzene ring substituents is 1. The largest absolute Gasteiger partial charge is 0.334 e. The van der Waals surface area contributed by atoms with Crippen molar-refractivity contribution in [1.29, 1.82) is 0 Å². The fraction of sp³-hybridized carbons (Fsp3) is 0.333. The molecule has 1 N–H and O–H groups in total. The van der Waals surface area contributed by atoms with Crippen LogP contribution in [0.3, 0.4) is 0 Å². The van der Waals surface area contributed by atoms with Crippen LogP contribution >= 0.6 is 12.4 Å². The van der Waals surface area contributed by atoms with E-state index in [1.165, 1.54) is 0 Å². The number of non-ortho nitro benzene ring substituents is 1. The molecular weight excluding hydrogens is 322 g/mol. The number of nitro groups is 1. The van der Waals surface area contributed by atoms with Crippen molar-refractivity contribution in [3.63, 3.8) is 0 Å². The number of halogens is 3. The van der Waals surface area contributed by atoms with Gasteiger partial charge in [0, 0.05) is 18.5 Å². The van der Waals surface area contributed by atoms with E-state index in [2.05, 4.69) is 15.5 Å². The average molecular weight is 335 g/mol. The lowest BCUT2D eigenvalue weighted by Crippen LogP contribution is -2.24. The zero-order valence-electron chi connectivity index (χ0n) is 11.7. The first-order chi connectivity index (χ1) is 9.92. The highest BCUT2D eigenvalue weighted by atomic mass is 35.5. The van der Waals surface area contributed by atoms with E-state index < -0.39 is 27.8 Å². The summed E-state index contributed by atoms with van der Waals surface area (Å²) in [7, 11) is 1.75. The summed E-state index contributed by atoms with van der Waals surface area (Å²) in [5.74, 6) is -2.62. The molecule has 0 radical (unpaired) electrons. The zero-order valence-corrected chi connectivity index (χ0v) is 12.5. The molecule has 0 amide bonds. The molecule has 1 aromatic heterocycles. The van der Waals surface area contributed by atoms with Gasteiger partial charge in [-0.3, -0.25) is 10.1 Å². The summed E-state index contributed by atoms with van der Waals surface area (Å²) in [6.45, 7) is 1.88. The highest BCUT2D eigenvalue weighted by molar-refractivity contribution is 5.85. The molecule has 0 aliphatic rings. The number of rotatable bonds is 5.